The van der Waals surface area contributed by atoms with E-state index in [1.165, 1.54) is 0 Å². The first kappa shape index (κ1) is 14.9. The lowest BCUT2D eigenvalue weighted by Gasteiger charge is -2.22. The molecule has 1 saturated heterocycles. The van der Waals surface area contributed by atoms with Crippen LogP contribution in [0.15, 0.2) is 0 Å². The number of carbonyl (C=O) groups excluding carboxylic acids is 1. The Labute approximate surface area is 111 Å². The van der Waals surface area contributed by atoms with E-state index in [4.69, 9.17) is 9.47 Å². The number of hydrogen-bond acceptors (Lipinski definition) is 4. The molecule has 4 nitrogen and oxygen atoms in total. The van der Waals surface area contributed by atoms with Gasteiger partial charge in [-0.3, -0.25) is 4.79 Å². The number of aliphatic hydroxyl groups is 1. The van der Waals surface area contributed by atoms with E-state index in [2.05, 4.69) is 15.9 Å². The summed E-state index contributed by atoms with van der Waals surface area (Å²) in [6.45, 7) is 4.91. The fraction of sp³-hybridized carbons (Fsp3) is 0.917. The number of ether oxygens (including phenoxy) is 2. The second-order valence-corrected chi connectivity index (χ2v) is 5.46. The molecule has 1 N–H and O–H groups in total. The van der Waals surface area contributed by atoms with Gasteiger partial charge in [-0.2, -0.15) is 0 Å². The first-order chi connectivity index (χ1) is 7.98. The molecule has 1 fully saturated rings. The topological polar surface area (TPSA) is 55.8 Å². The van der Waals surface area contributed by atoms with Gasteiger partial charge < -0.3 is 14.6 Å². The maximum absolute atomic E-state index is 11.6. The van der Waals surface area contributed by atoms with Gasteiger partial charge in [-0.1, -0.05) is 22.9 Å². The lowest BCUT2D eigenvalue weighted by atomic mass is 9.91. The van der Waals surface area contributed by atoms with Gasteiger partial charge in [0, 0.05) is 18.4 Å². The van der Waals surface area contributed by atoms with Gasteiger partial charge in [0.15, 0.2) is 0 Å². The normalized spacial score (nSPS) is 27.9. The predicted molar refractivity (Wildman–Crippen MR) is 68.1 cm³/mol. The van der Waals surface area contributed by atoms with Crippen LogP contribution in [0, 0.1) is 5.92 Å². The first-order valence-electron chi connectivity index (χ1n) is 6.05. The van der Waals surface area contributed by atoms with E-state index >= 15 is 0 Å². The summed E-state index contributed by atoms with van der Waals surface area (Å²) < 4.78 is 10.6. The Morgan fingerprint density at radius 1 is 1.65 bits per heavy atom. The van der Waals surface area contributed by atoms with Crippen LogP contribution in [0.4, 0.5) is 0 Å². The summed E-state index contributed by atoms with van der Waals surface area (Å²) in [7, 11) is 0. The molecule has 1 aliphatic rings. The fourth-order valence-electron chi connectivity index (χ4n) is 1.94. The van der Waals surface area contributed by atoms with Crippen LogP contribution in [0.25, 0.3) is 0 Å². The van der Waals surface area contributed by atoms with Gasteiger partial charge >= 0.3 is 5.97 Å². The van der Waals surface area contributed by atoms with Crippen LogP contribution in [0.2, 0.25) is 0 Å². The Morgan fingerprint density at radius 2 is 2.35 bits per heavy atom. The third kappa shape index (κ3) is 4.94. The van der Waals surface area contributed by atoms with E-state index in [1.807, 2.05) is 6.92 Å². The van der Waals surface area contributed by atoms with Gasteiger partial charge in [0.1, 0.15) is 6.10 Å². The number of cyclic esters (lactones) is 1. The number of alkyl halides is 1. The van der Waals surface area contributed by atoms with Gasteiger partial charge in [0.05, 0.1) is 18.1 Å². The van der Waals surface area contributed by atoms with Crippen molar-refractivity contribution in [3.05, 3.63) is 0 Å². The minimum absolute atomic E-state index is 0.148. The Hall–Kier alpha value is -0.130. The molecular formula is C12H21BrO4. The zero-order valence-electron chi connectivity index (χ0n) is 10.4. The monoisotopic (exact) mass is 308 g/mol. The van der Waals surface area contributed by atoms with Crippen LogP contribution in [0.1, 0.15) is 33.1 Å². The van der Waals surface area contributed by atoms with Crippen molar-refractivity contribution < 1.29 is 19.4 Å². The standard InChI is InChI=1S/C12H21BrO4/c1-3-4-16-7-10-5-9(11(14)17-10)6-12(2,15)8-13/h9-10,15H,3-8H2,1-2H3. The molecule has 0 bridgehead atoms. The Bertz CT molecular complexity index is 255. The number of carbonyl (C=O) groups is 1. The second-order valence-electron chi connectivity index (χ2n) is 4.90. The zero-order valence-corrected chi connectivity index (χ0v) is 12.0. The lowest BCUT2D eigenvalue weighted by Crippen LogP contribution is -2.30. The van der Waals surface area contributed by atoms with Gasteiger partial charge in [0.25, 0.3) is 0 Å². The highest BCUT2D eigenvalue weighted by Crippen LogP contribution is 2.29. The molecule has 1 aliphatic heterocycles. The average Bonchev–Trinajstić information content (AvgIpc) is 2.59. The van der Waals surface area contributed by atoms with E-state index in [0.29, 0.717) is 31.4 Å². The van der Waals surface area contributed by atoms with Crippen molar-refractivity contribution in [1.29, 1.82) is 0 Å². The van der Waals surface area contributed by atoms with Crippen molar-refractivity contribution in [3.8, 4) is 0 Å². The van der Waals surface area contributed by atoms with Gasteiger partial charge in [-0.15, -0.1) is 0 Å². The van der Waals surface area contributed by atoms with E-state index in [9.17, 15) is 9.90 Å². The molecule has 3 atom stereocenters. The van der Waals surface area contributed by atoms with Crippen molar-refractivity contribution in [2.45, 2.75) is 44.8 Å². The quantitative estimate of drug-likeness (QED) is 0.443. The fourth-order valence-corrected chi connectivity index (χ4v) is 2.16. The first-order valence-corrected chi connectivity index (χ1v) is 7.17. The van der Waals surface area contributed by atoms with Gasteiger partial charge in [0.2, 0.25) is 0 Å². The van der Waals surface area contributed by atoms with E-state index in [-0.39, 0.29) is 18.0 Å². The smallest absolute Gasteiger partial charge is 0.309 e. The SMILES string of the molecule is CCCOCC1CC(CC(C)(O)CBr)C(=O)O1. The highest BCUT2D eigenvalue weighted by Gasteiger charge is 2.38. The van der Waals surface area contributed by atoms with Crippen molar-refractivity contribution in [2.75, 3.05) is 18.5 Å². The third-order valence-corrected chi connectivity index (χ3v) is 4.00. The van der Waals surface area contributed by atoms with Crippen LogP contribution in [-0.4, -0.2) is 41.3 Å². The Balaban J connectivity index is 2.36. The molecule has 100 valence electrons. The number of esters is 1. The van der Waals surface area contributed by atoms with Crippen molar-refractivity contribution in [3.63, 3.8) is 0 Å². The number of hydrogen-bond donors (Lipinski definition) is 1. The van der Waals surface area contributed by atoms with Gasteiger partial charge in [-0.25, -0.2) is 0 Å². The van der Waals surface area contributed by atoms with Crippen molar-refractivity contribution in [2.24, 2.45) is 5.92 Å². The molecule has 17 heavy (non-hydrogen) atoms. The molecule has 3 unspecified atom stereocenters. The van der Waals surface area contributed by atoms with Crippen LogP contribution in [0.5, 0.6) is 0 Å². The summed E-state index contributed by atoms with van der Waals surface area (Å²) in [5.41, 5.74) is -0.858. The molecule has 0 spiro atoms. The molecule has 0 aromatic rings. The maximum atomic E-state index is 11.6. The molecule has 1 heterocycles. The molecule has 0 saturated carbocycles. The zero-order chi connectivity index (χ0) is 12.9. The van der Waals surface area contributed by atoms with Crippen molar-refractivity contribution >= 4 is 21.9 Å². The van der Waals surface area contributed by atoms with Crippen LogP contribution in [0.3, 0.4) is 0 Å². The Morgan fingerprint density at radius 3 is 2.94 bits per heavy atom. The maximum Gasteiger partial charge on any atom is 0.309 e. The Kier molecular flexibility index (Phi) is 5.89. The van der Waals surface area contributed by atoms with Crippen LogP contribution in [-0.2, 0) is 14.3 Å². The molecular weight excluding hydrogens is 288 g/mol. The summed E-state index contributed by atoms with van der Waals surface area (Å²) >= 11 is 3.24. The molecule has 0 amide bonds. The summed E-state index contributed by atoms with van der Waals surface area (Å²) in [4.78, 5) is 11.6. The minimum atomic E-state index is -0.858. The second kappa shape index (κ2) is 6.71. The van der Waals surface area contributed by atoms with Crippen molar-refractivity contribution in [1.82, 2.24) is 0 Å². The molecule has 0 aromatic heterocycles. The molecule has 0 aliphatic carbocycles. The molecule has 5 heteroatoms. The van der Waals surface area contributed by atoms with E-state index in [1.54, 1.807) is 6.92 Å². The third-order valence-electron chi connectivity index (χ3n) is 2.79. The number of rotatable bonds is 7. The largest absolute Gasteiger partial charge is 0.460 e. The highest BCUT2D eigenvalue weighted by atomic mass is 79.9. The van der Waals surface area contributed by atoms with Crippen LogP contribution < -0.4 is 0 Å². The average molecular weight is 309 g/mol. The summed E-state index contributed by atoms with van der Waals surface area (Å²) in [5.74, 6) is -0.422. The predicted octanol–water partition coefficient (Wildman–Crippen LogP) is 1.88. The molecule has 1 rings (SSSR count). The summed E-state index contributed by atoms with van der Waals surface area (Å²) in [6.07, 6.45) is 1.89. The highest BCUT2D eigenvalue weighted by molar-refractivity contribution is 9.09. The summed E-state index contributed by atoms with van der Waals surface area (Å²) in [5, 5.41) is 10.4. The van der Waals surface area contributed by atoms with E-state index in [0.717, 1.165) is 6.42 Å². The molecule has 0 aromatic carbocycles. The lowest BCUT2D eigenvalue weighted by molar-refractivity contribution is -0.147. The molecule has 0 radical (unpaired) electrons. The van der Waals surface area contributed by atoms with Gasteiger partial charge in [-0.05, 0) is 19.8 Å². The minimum Gasteiger partial charge on any atom is -0.460 e. The van der Waals surface area contributed by atoms with Crippen LogP contribution >= 0.6 is 15.9 Å². The van der Waals surface area contributed by atoms with E-state index < -0.39 is 5.60 Å². The summed E-state index contributed by atoms with van der Waals surface area (Å²) in [6, 6.07) is 0. The number of halogens is 1.